The molecule has 1 N–H and O–H groups in total. The van der Waals surface area contributed by atoms with Crippen molar-refractivity contribution in [3.8, 4) is 0 Å². The molecule has 7 atom stereocenters. The fourth-order valence-corrected chi connectivity index (χ4v) is 6.20. The van der Waals surface area contributed by atoms with Crippen LogP contribution in [-0.4, -0.2) is 22.6 Å². The van der Waals surface area contributed by atoms with Crippen LogP contribution < -0.4 is 0 Å². The van der Waals surface area contributed by atoms with Crippen LogP contribution in [0.25, 0.3) is 0 Å². The summed E-state index contributed by atoms with van der Waals surface area (Å²) in [6, 6.07) is 0. The predicted octanol–water partition coefficient (Wildman–Crippen LogP) is 3.46. The summed E-state index contributed by atoms with van der Waals surface area (Å²) in [7, 11) is 0. The second kappa shape index (κ2) is 4.59. The maximum absolute atomic E-state index is 12.1. The smallest absolute Gasteiger partial charge is 0.159 e. The van der Waals surface area contributed by atoms with Gasteiger partial charge in [-0.1, -0.05) is 13.8 Å². The van der Waals surface area contributed by atoms with Gasteiger partial charge < -0.3 is 9.84 Å². The second-order valence-electron chi connectivity index (χ2n) is 8.64. The zero-order valence-electron chi connectivity index (χ0n) is 14.0. The number of rotatable bonds is 0. The highest BCUT2D eigenvalue weighted by molar-refractivity contribution is 5.90. The Morgan fingerprint density at radius 1 is 1.18 bits per heavy atom. The highest BCUT2D eigenvalue weighted by Gasteiger charge is 2.61. The van der Waals surface area contributed by atoms with Crippen molar-refractivity contribution in [2.75, 3.05) is 0 Å². The molecule has 22 heavy (non-hydrogen) atoms. The van der Waals surface area contributed by atoms with Gasteiger partial charge in [-0.25, -0.2) is 0 Å². The average molecular weight is 304 g/mol. The lowest BCUT2D eigenvalue weighted by molar-refractivity contribution is -0.168. The van der Waals surface area contributed by atoms with E-state index in [4.69, 9.17) is 4.74 Å². The molecule has 7 unspecified atom stereocenters. The molecule has 0 aromatic rings. The number of fused-ring (bicyclic) bond motifs is 6. The molecule has 2 heterocycles. The molecule has 2 aliphatic carbocycles. The summed E-state index contributed by atoms with van der Waals surface area (Å²) in [5.74, 6) is 3.07. The summed E-state index contributed by atoms with van der Waals surface area (Å²) in [5, 5.41) is 10.5. The molecule has 1 saturated heterocycles. The molecule has 0 amide bonds. The normalized spacial score (nSPS) is 53.9. The largest absolute Gasteiger partial charge is 0.491 e. The number of aliphatic hydroxyl groups excluding tert-OH is 1. The summed E-state index contributed by atoms with van der Waals surface area (Å²) in [5.41, 5.74) is -0.124. The topological polar surface area (TPSA) is 46.5 Å². The van der Waals surface area contributed by atoms with Gasteiger partial charge in [-0.05, 0) is 56.3 Å². The molecule has 122 valence electrons. The first-order chi connectivity index (χ1) is 10.3. The number of hydrogen-bond acceptors (Lipinski definition) is 3. The van der Waals surface area contributed by atoms with Crippen molar-refractivity contribution in [3.05, 3.63) is 11.8 Å². The van der Waals surface area contributed by atoms with Crippen molar-refractivity contribution in [1.29, 1.82) is 0 Å². The Balaban J connectivity index is 1.78. The minimum absolute atomic E-state index is 0.0663. The van der Waals surface area contributed by atoms with Gasteiger partial charge >= 0.3 is 0 Å². The average Bonchev–Trinajstić information content (AvgIpc) is 2.69. The van der Waals surface area contributed by atoms with Crippen molar-refractivity contribution in [2.45, 2.75) is 71.0 Å². The lowest BCUT2D eigenvalue weighted by Gasteiger charge is -2.58. The van der Waals surface area contributed by atoms with Gasteiger partial charge in [-0.2, -0.15) is 0 Å². The molecule has 3 heteroatoms. The third-order valence-electron chi connectivity index (χ3n) is 7.62. The molecule has 3 nitrogen and oxygen atoms in total. The van der Waals surface area contributed by atoms with Crippen LogP contribution in [0.4, 0.5) is 0 Å². The van der Waals surface area contributed by atoms with Crippen LogP contribution in [0.3, 0.4) is 0 Å². The lowest BCUT2D eigenvalue weighted by atomic mass is 9.52. The number of ether oxygens (including phenoxy) is 1. The van der Waals surface area contributed by atoms with Crippen LogP contribution in [-0.2, 0) is 9.53 Å². The summed E-state index contributed by atoms with van der Waals surface area (Å²) >= 11 is 0. The van der Waals surface area contributed by atoms with Gasteiger partial charge in [0, 0.05) is 24.3 Å². The van der Waals surface area contributed by atoms with E-state index in [2.05, 4.69) is 20.8 Å². The fourth-order valence-electron chi connectivity index (χ4n) is 6.20. The van der Waals surface area contributed by atoms with E-state index in [-0.39, 0.29) is 22.9 Å². The van der Waals surface area contributed by atoms with Gasteiger partial charge in [0.05, 0.1) is 6.10 Å². The van der Waals surface area contributed by atoms with Crippen LogP contribution in [0.15, 0.2) is 11.8 Å². The monoisotopic (exact) mass is 304 g/mol. The van der Waals surface area contributed by atoms with Gasteiger partial charge in [0.25, 0.3) is 0 Å². The summed E-state index contributed by atoms with van der Waals surface area (Å²) < 4.78 is 6.37. The van der Waals surface area contributed by atoms with Gasteiger partial charge in [0.1, 0.15) is 11.4 Å². The molecule has 0 aromatic heterocycles. The van der Waals surface area contributed by atoms with Crippen LogP contribution in [0.5, 0.6) is 0 Å². The SMILES string of the molecule is CC1C2=CC(=O)CCC(C)(O2)C2CCC3(C)C(O)CCC3C12. The van der Waals surface area contributed by atoms with Crippen molar-refractivity contribution in [1.82, 2.24) is 0 Å². The number of ketones is 1. The maximum Gasteiger partial charge on any atom is 0.159 e. The quantitative estimate of drug-likeness (QED) is 0.745. The van der Waals surface area contributed by atoms with E-state index in [9.17, 15) is 9.90 Å². The minimum atomic E-state index is -0.190. The van der Waals surface area contributed by atoms with Crippen LogP contribution >= 0.6 is 0 Å². The van der Waals surface area contributed by atoms with Crippen LogP contribution in [0.2, 0.25) is 0 Å². The molecule has 2 aliphatic heterocycles. The first-order valence-electron chi connectivity index (χ1n) is 8.97. The second-order valence-corrected chi connectivity index (χ2v) is 8.64. The Morgan fingerprint density at radius 2 is 1.95 bits per heavy atom. The maximum atomic E-state index is 12.1. The van der Waals surface area contributed by atoms with Crippen LogP contribution in [0.1, 0.15) is 59.3 Å². The van der Waals surface area contributed by atoms with Crippen molar-refractivity contribution < 1.29 is 14.6 Å². The predicted molar refractivity (Wildman–Crippen MR) is 84.0 cm³/mol. The van der Waals surface area contributed by atoms with Gasteiger partial charge in [0.2, 0.25) is 0 Å². The molecule has 0 spiro atoms. The highest BCUT2D eigenvalue weighted by atomic mass is 16.5. The Labute approximate surface area is 133 Å². The molecule has 0 radical (unpaired) electrons. The number of carbonyl (C=O) groups is 1. The standard InChI is InChI=1S/C19H28O3/c1-11-15-10-12(20)6-9-19(3,22-15)14-7-8-18(2)13(17(11)14)4-5-16(18)21/h10-11,13-14,16-17,21H,4-9H2,1-3H3. The molecular formula is C19H28O3. The number of allylic oxidation sites excluding steroid dienone is 2. The third-order valence-corrected chi connectivity index (χ3v) is 7.62. The van der Waals surface area contributed by atoms with E-state index in [0.717, 1.165) is 37.9 Å². The third kappa shape index (κ3) is 1.81. The zero-order chi connectivity index (χ0) is 15.7. The van der Waals surface area contributed by atoms with Crippen molar-refractivity contribution in [3.63, 3.8) is 0 Å². The molecule has 0 aromatic carbocycles. The number of aliphatic hydroxyl groups is 1. The zero-order valence-corrected chi connectivity index (χ0v) is 14.0. The minimum Gasteiger partial charge on any atom is -0.491 e. The molecule has 2 bridgehead atoms. The Hall–Kier alpha value is -0.830. The fraction of sp³-hybridized carbons (Fsp3) is 0.842. The lowest BCUT2D eigenvalue weighted by Crippen LogP contribution is -2.56. The van der Waals surface area contributed by atoms with Gasteiger partial charge in [-0.15, -0.1) is 0 Å². The first-order valence-corrected chi connectivity index (χ1v) is 8.97. The van der Waals surface area contributed by atoms with Crippen LogP contribution in [0, 0.1) is 29.1 Å². The molecule has 2 saturated carbocycles. The van der Waals surface area contributed by atoms with E-state index in [1.807, 2.05) is 0 Å². The first kappa shape index (κ1) is 14.7. The Bertz CT molecular complexity index is 539. The van der Waals surface area contributed by atoms with E-state index in [0.29, 0.717) is 30.1 Å². The van der Waals surface area contributed by atoms with E-state index >= 15 is 0 Å². The van der Waals surface area contributed by atoms with Crippen molar-refractivity contribution >= 4 is 5.78 Å². The Morgan fingerprint density at radius 3 is 2.73 bits per heavy atom. The van der Waals surface area contributed by atoms with Crippen molar-refractivity contribution in [2.24, 2.45) is 29.1 Å². The molecule has 3 fully saturated rings. The van der Waals surface area contributed by atoms with E-state index < -0.39 is 0 Å². The number of carbonyl (C=O) groups excluding carboxylic acids is 1. The van der Waals surface area contributed by atoms with E-state index in [1.54, 1.807) is 6.08 Å². The van der Waals surface area contributed by atoms with Gasteiger partial charge in [-0.3, -0.25) is 4.79 Å². The highest BCUT2D eigenvalue weighted by Crippen LogP contribution is 2.63. The summed E-state index contributed by atoms with van der Waals surface area (Å²) in [4.78, 5) is 12.1. The van der Waals surface area contributed by atoms with E-state index in [1.165, 1.54) is 0 Å². The summed E-state index contributed by atoms with van der Waals surface area (Å²) in [6.07, 6.45) is 7.34. The Kier molecular flexibility index (Phi) is 3.08. The molecule has 4 aliphatic rings. The molecular weight excluding hydrogens is 276 g/mol. The van der Waals surface area contributed by atoms with Gasteiger partial charge in [0.15, 0.2) is 5.78 Å². The molecule has 4 rings (SSSR count). The summed E-state index contributed by atoms with van der Waals surface area (Å²) in [6.45, 7) is 6.74. The number of hydrogen-bond donors (Lipinski definition) is 1.